The van der Waals surface area contributed by atoms with Gasteiger partial charge in [0.2, 0.25) is 0 Å². The molecule has 5 heteroatoms. The molecular weight excluding hydrogens is 238 g/mol. The molecule has 0 radical (unpaired) electrons. The van der Waals surface area contributed by atoms with Crippen LogP contribution in [0.25, 0.3) is 5.78 Å². The highest BCUT2D eigenvalue weighted by Gasteiger charge is 2.09. The lowest BCUT2D eigenvalue weighted by molar-refractivity contribution is 0.892. The minimum Gasteiger partial charge on any atom is -0.378 e. The second-order valence-corrected chi connectivity index (χ2v) is 4.51. The fourth-order valence-electron chi connectivity index (χ4n) is 2.15. The Kier molecular flexibility index (Phi) is 2.87. The van der Waals surface area contributed by atoms with Gasteiger partial charge in [-0.1, -0.05) is 18.2 Å². The topological polar surface area (TPSA) is 55.1 Å². The first-order chi connectivity index (χ1) is 9.24. The second-order valence-electron chi connectivity index (χ2n) is 4.51. The number of aromatic nitrogens is 4. The smallest absolute Gasteiger partial charge is 0.255 e. The predicted molar refractivity (Wildman–Crippen MR) is 74.0 cm³/mol. The summed E-state index contributed by atoms with van der Waals surface area (Å²) in [5.74, 6) is 1.52. The van der Waals surface area contributed by atoms with Crippen LogP contribution in [0.3, 0.4) is 0 Å². The Hall–Kier alpha value is -2.43. The van der Waals surface area contributed by atoms with Crippen molar-refractivity contribution >= 4 is 11.5 Å². The second kappa shape index (κ2) is 4.68. The van der Waals surface area contributed by atoms with E-state index in [2.05, 4.69) is 20.5 Å². The van der Waals surface area contributed by atoms with Gasteiger partial charge in [-0.2, -0.15) is 0 Å². The largest absolute Gasteiger partial charge is 0.378 e. The average Bonchev–Trinajstić information content (AvgIpc) is 2.81. The molecule has 96 valence electrons. The van der Waals surface area contributed by atoms with E-state index in [1.807, 2.05) is 54.6 Å². The van der Waals surface area contributed by atoms with E-state index in [0.29, 0.717) is 12.3 Å². The van der Waals surface area contributed by atoms with Crippen molar-refractivity contribution in [3.05, 3.63) is 53.6 Å². The normalized spacial score (nSPS) is 10.8. The van der Waals surface area contributed by atoms with Gasteiger partial charge >= 0.3 is 0 Å². The molecule has 0 bridgehead atoms. The van der Waals surface area contributed by atoms with E-state index in [0.717, 1.165) is 22.9 Å². The standard InChI is InChI=1S/C14H15N5/c1-10-8-11(2)19-13(17-18-14(19)16-10)9-15-12-6-4-3-5-7-12/h3-8,15H,9H2,1-2H3. The van der Waals surface area contributed by atoms with E-state index < -0.39 is 0 Å². The van der Waals surface area contributed by atoms with Crippen LogP contribution >= 0.6 is 0 Å². The summed E-state index contributed by atoms with van der Waals surface area (Å²) in [4.78, 5) is 4.37. The molecule has 0 saturated carbocycles. The Balaban J connectivity index is 1.90. The molecule has 0 saturated heterocycles. The van der Waals surface area contributed by atoms with Gasteiger partial charge in [0.25, 0.3) is 5.78 Å². The monoisotopic (exact) mass is 253 g/mol. The summed E-state index contributed by atoms with van der Waals surface area (Å²) in [6, 6.07) is 12.1. The Morgan fingerprint density at radius 2 is 1.89 bits per heavy atom. The van der Waals surface area contributed by atoms with Crippen LogP contribution in [0.4, 0.5) is 5.69 Å². The van der Waals surface area contributed by atoms with E-state index >= 15 is 0 Å². The van der Waals surface area contributed by atoms with Gasteiger partial charge in [-0.05, 0) is 32.0 Å². The molecule has 0 aliphatic carbocycles. The molecule has 0 fully saturated rings. The highest BCUT2D eigenvalue weighted by Crippen LogP contribution is 2.11. The van der Waals surface area contributed by atoms with Crippen LogP contribution in [0, 0.1) is 13.8 Å². The summed E-state index contributed by atoms with van der Waals surface area (Å²) in [6.45, 7) is 4.62. The third kappa shape index (κ3) is 2.27. The van der Waals surface area contributed by atoms with Crippen LogP contribution in [-0.2, 0) is 6.54 Å². The third-order valence-electron chi connectivity index (χ3n) is 2.98. The lowest BCUT2D eigenvalue weighted by Crippen LogP contribution is -2.06. The number of nitrogens with zero attached hydrogens (tertiary/aromatic N) is 4. The molecular formula is C14H15N5. The first-order valence-corrected chi connectivity index (χ1v) is 6.21. The van der Waals surface area contributed by atoms with Crippen LogP contribution in [0.1, 0.15) is 17.2 Å². The van der Waals surface area contributed by atoms with E-state index in [-0.39, 0.29) is 0 Å². The maximum absolute atomic E-state index is 4.37. The highest BCUT2D eigenvalue weighted by molar-refractivity contribution is 5.43. The van der Waals surface area contributed by atoms with Gasteiger partial charge in [-0.3, -0.25) is 4.40 Å². The molecule has 0 atom stereocenters. The summed E-state index contributed by atoms with van der Waals surface area (Å²) in [7, 11) is 0. The van der Waals surface area contributed by atoms with Crippen LogP contribution in [-0.4, -0.2) is 19.6 Å². The summed E-state index contributed by atoms with van der Waals surface area (Å²) >= 11 is 0. The molecule has 1 aromatic carbocycles. The number of fused-ring (bicyclic) bond motifs is 1. The first kappa shape index (κ1) is 11.6. The van der Waals surface area contributed by atoms with Crippen molar-refractivity contribution in [3.8, 4) is 0 Å². The summed E-state index contributed by atoms with van der Waals surface area (Å²) < 4.78 is 1.98. The number of anilines is 1. The number of rotatable bonds is 3. The Bertz CT molecular complexity index is 702. The molecule has 3 aromatic rings. The zero-order valence-corrected chi connectivity index (χ0v) is 11.0. The van der Waals surface area contributed by atoms with E-state index in [4.69, 9.17) is 0 Å². The fourth-order valence-corrected chi connectivity index (χ4v) is 2.15. The SMILES string of the molecule is Cc1cc(C)n2c(CNc3ccccc3)nnc2n1. The van der Waals surface area contributed by atoms with Crippen molar-refractivity contribution < 1.29 is 0 Å². The number of aryl methyl sites for hydroxylation is 2. The zero-order chi connectivity index (χ0) is 13.2. The predicted octanol–water partition coefficient (Wildman–Crippen LogP) is 2.35. The van der Waals surface area contributed by atoms with E-state index in [1.165, 1.54) is 0 Å². The van der Waals surface area contributed by atoms with Crippen molar-refractivity contribution in [1.82, 2.24) is 19.6 Å². The maximum atomic E-state index is 4.37. The number of para-hydroxylation sites is 1. The van der Waals surface area contributed by atoms with Gasteiger partial charge < -0.3 is 5.32 Å². The molecule has 0 aliphatic heterocycles. The summed E-state index contributed by atoms with van der Waals surface area (Å²) in [5.41, 5.74) is 3.12. The molecule has 1 N–H and O–H groups in total. The van der Waals surface area contributed by atoms with Gasteiger partial charge in [-0.15, -0.1) is 10.2 Å². The molecule has 0 aliphatic rings. The molecule has 2 heterocycles. The van der Waals surface area contributed by atoms with Crippen molar-refractivity contribution in [2.45, 2.75) is 20.4 Å². The molecule has 3 rings (SSSR count). The summed E-state index contributed by atoms with van der Waals surface area (Å²) in [5, 5.41) is 11.6. The number of hydrogen-bond acceptors (Lipinski definition) is 4. The van der Waals surface area contributed by atoms with Gasteiger partial charge in [0.05, 0.1) is 6.54 Å². The van der Waals surface area contributed by atoms with Gasteiger partial charge in [-0.25, -0.2) is 4.98 Å². The number of benzene rings is 1. The van der Waals surface area contributed by atoms with Gasteiger partial charge in [0.15, 0.2) is 5.82 Å². The van der Waals surface area contributed by atoms with Crippen LogP contribution < -0.4 is 5.32 Å². The van der Waals surface area contributed by atoms with Crippen molar-refractivity contribution in [2.75, 3.05) is 5.32 Å². The molecule has 5 nitrogen and oxygen atoms in total. The molecule has 0 amide bonds. The minimum atomic E-state index is 0.622. The van der Waals surface area contributed by atoms with Crippen LogP contribution in [0.5, 0.6) is 0 Å². The minimum absolute atomic E-state index is 0.622. The Labute approximate surface area is 111 Å². The Morgan fingerprint density at radius 1 is 1.11 bits per heavy atom. The number of nitrogens with one attached hydrogen (secondary N) is 1. The molecule has 19 heavy (non-hydrogen) atoms. The molecule has 0 unspecified atom stereocenters. The third-order valence-corrected chi connectivity index (χ3v) is 2.98. The quantitative estimate of drug-likeness (QED) is 0.778. The van der Waals surface area contributed by atoms with Crippen molar-refractivity contribution in [1.29, 1.82) is 0 Å². The van der Waals surface area contributed by atoms with E-state index in [1.54, 1.807) is 0 Å². The lowest BCUT2D eigenvalue weighted by Gasteiger charge is -2.06. The zero-order valence-electron chi connectivity index (χ0n) is 11.0. The van der Waals surface area contributed by atoms with Crippen molar-refractivity contribution in [2.24, 2.45) is 0 Å². The van der Waals surface area contributed by atoms with E-state index in [9.17, 15) is 0 Å². The van der Waals surface area contributed by atoms with Gasteiger partial charge in [0.1, 0.15) is 0 Å². The van der Waals surface area contributed by atoms with Gasteiger partial charge in [0, 0.05) is 17.1 Å². The lowest BCUT2D eigenvalue weighted by atomic mass is 10.3. The summed E-state index contributed by atoms with van der Waals surface area (Å²) in [6.07, 6.45) is 0. The fraction of sp³-hybridized carbons (Fsp3) is 0.214. The molecule has 0 spiro atoms. The average molecular weight is 253 g/mol. The van der Waals surface area contributed by atoms with Crippen LogP contribution in [0.15, 0.2) is 36.4 Å². The highest BCUT2D eigenvalue weighted by atomic mass is 15.3. The Morgan fingerprint density at radius 3 is 2.68 bits per heavy atom. The first-order valence-electron chi connectivity index (χ1n) is 6.21. The number of hydrogen-bond donors (Lipinski definition) is 1. The van der Waals surface area contributed by atoms with Crippen LogP contribution in [0.2, 0.25) is 0 Å². The maximum Gasteiger partial charge on any atom is 0.255 e. The molecule has 2 aromatic heterocycles. The van der Waals surface area contributed by atoms with Crippen molar-refractivity contribution in [3.63, 3.8) is 0 Å².